The van der Waals surface area contributed by atoms with Crippen molar-refractivity contribution >= 4 is 0 Å². The fourth-order valence-corrected chi connectivity index (χ4v) is 1.99. The Balaban J connectivity index is 2.10. The molecule has 0 aliphatic heterocycles. The van der Waals surface area contributed by atoms with Gasteiger partial charge >= 0.3 is 0 Å². The molecule has 0 saturated heterocycles. The van der Waals surface area contributed by atoms with Crippen molar-refractivity contribution in [2.75, 3.05) is 7.05 Å². The number of aromatic nitrogens is 1. The summed E-state index contributed by atoms with van der Waals surface area (Å²) < 4.78 is 5.88. The van der Waals surface area contributed by atoms with Gasteiger partial charge < -0.3 is 10.1 Å². The number of nitrogens with zero attached hydrogens (tertiary/aromatic N) is 1. The molecule has 0 fully saturated rings. The summed E-state index contributed by atoms with van der Waals surface area (Å²) in [6.07, 6.45) is 0. The van der Waals surface area contributed by atoms with E-state index in [1.807, 2.05) is 26.1 Å². The lowest BCUT2D eigenvalue weighted by atomic mass is 10.1. The zero-order valence-electron chi connectivity index (χ0n) is 11.7. The lowest BCUT2D eigenvalue weighted by Crippen LogP contribution is -2.10. The molecule has 0 amide bonds. The van der Waals surface area contributed by atoms with Crippen LogP contribution in [0.3, 0.4) is 0 Å². The summed E-state index contributed by atoms with van der Waals surface area (Å²) >= 11 is 0. The Hall–Kier alpha value is -1.87. The Kier molecular flexibility index (Phi) is 4.53. The Morgan fingerprint density at radius 3 is 2.74 bits per heavy atom. The standard InChI is InChI=1S/C16H20N2O/c1-12-5-4-6-14(9-12)11-19-16-8-7-13(2)18-15(16)10-17-3/h4-9,17H,10-11H2,1-3H3. The second kappa shape index (κ2) is 6.34. The summed E-state index contributed by atoms with van der Waals surface area (Å²) in [6, 6.07) is 12.3. The van der Waals surface area contributed by atoms with E-state index in [0.29, 0.717) is 13.2 Å². The van der Waals surface area contributed by atoms with Crippen molar-refractivity contribution in [2.24, 2.45) is 0 Å². The Morgan fingerprint density at radius 2 is 2.00 bits per heavy atom. The third-order valence-electron chi connectivity index (χ3n) is 2.89. The monoisotopic (exact) mass is 256 g/mol. The van der Waals surface area contributed by atoms with E-state index in [1.165, 1.54) is 11.1 Å². The molecule has 100 valence electrons. The highest BCUT2D eigenvalue weighted by molar-refractivity contribution is 5.30. The van der Waals surface area contributed by atoms with E-state index in [4.69, 9.17) is 4.74 Å². The molecule has 2 rings (SSSR count). The molecule has 0 bridgehead atoms. The first kappa shape index (κ1) is 13.6. The summed E-state index contributed by atoms with van der Waals surface area (Å²) in [4.78, 5) is 4.51. The zero-order chi connectivity index (χ0) is 13.7. The molecule has 0 atom stereocenters. The van der Waals surface area contributed by atoms with Crippen LogP contribution < -0.4 is 10.1 Å². The zero-order valence-corrected chi connectivity index (χ0v) is 11.7. The fraction of sp³-hybridized carbons (Fsp3) is 0.312. The van der Waals surface area contributed by atoms with Crippen molar-refractivity contribution in [3.63, 3.8) is 0 Å². The van der Waals surface area contributed by atoms with Crippen LogP contribution >= 0.6 is 0 Å². The van der Waals surface area contributed by atoms with Crippen molar-refractivity contribution in [2.45, 2.75) is 27.0 Å². The van der Waals surface area contributed by atoms with Gasteiger partial charge in [-0.15, -0.1) is 0 Å². The van der Waals surface area contributed by atoms with E-state index in [2.05, 4.69) is 41.5 Å². The molecule has 3 heteroatoms. The maximum atomic E-state index is 5.88. The second-order valence-corrected chi connectivity index (χ2v) is 4.71. The van der Waals surface area contributed by atoms with Crippen LogP contribution in [-0.2, 0) is 13.2 Å². The van der Waals surface area contributed by atoms with Crippen LogP contribution in [0.5, 0.6) is 5.75 Å². The normalized spacial score (nSPS) is 10.5. The fourth-order valence-electron chi connectivity index (χ4n) is 1.99. The first-order valence-corrected chi connectivity index (χ1v) is 6.48. The molecule has 1 N–H and O–H groups in total. The molecule has 0 saturated carbocycles. The van der Waals surface area contributed by atoms with E-state index < -0.39 is 0 Å². The topological polar surface area (TPSA) is 34.2 Å². The van der Waals surface area contributed by atoms with E-state index in [0.717, 1.165) is 17.1 Å². The van der Waals surface area contributed by atoms with Gasteiger partial charge in [-0.2, -0.15) is 0 Å². The quantitative estimate of drug-likeness (QED) is 0.893. The van der Waals surface area contributed by atoms with Crippen LogP contribution in [0.25, 0.3) is 0 Å². The molecule has 1 aromatic heterocycles. The average Bonchev–Trinajstić information content (AvgIpc) is 2.38. The highest BCUT2D eigenvalue weighted by Crippen LogP contribution is 2.18. The van der Waals surface area contributed by atoms with Crippen LogP contribution in [0.4, 0.5) is 0 Å². The van der Waals surface area contributed by atoms with Gasteiger partial charge in [0.15, 0.2) is 0 Å². The lowest BCUT2D eigenvalue weighted by Gasteiger charge is -2.11. The predicted molar refractivity (Wildman–Crippen MR) is 77.2 cm³/mol. The third-order valence-corrected chi connectivity index (χ3v) is 2.89. The van der Waals surface area contributed by atoms with E-state index in [9.17, 15) is 0 Å². The molecule has 1 heterocycles. The minimum absolute atomic E-state index is 0.573. The van der Waals surface area contributed by atoms with Gasteiger partial charge in [0.05, 0.1) is 5.69 Å². The van der Waals surface area contributed by atoms with E-state index in [1.54, 1.807) is 0 Å². The maximum Gasteiger partial charge on any atom is 0.142 e. The number of nitrogens with one attached hydrogen (secondary N) is 1. The van der Waals surface area contributed by atoms with Gasteiger partial charge in [0, 0.05) is 12.2 Å². The first-order valence-electron chi connectivity index (χ1n) is 6.48. The molecule has 1 aromatic carbocycles. The molecule has 19 heavy (non-hydrogen) atoms. The minimum atomic E-state index is 0.573. The molecule has 0 radical (unpaired) electrons. The average molecular weight is 256 g/mol. The first-order chi connectivity index (χ1) is 9.19. The lowest BCUT2D eigenvalue weighted by molar-refractivity contribution is 0.300. The SMILES string of the molecule is CNCc1nc(C)ccc1OCc1cccc(C)c1. The van der Waals surface area contributed by atoms with Crippen molar-refractivity contribution < 1.29 is 4.74 Å². The number of rotatable bonds is 5. The minimum Gasteiger partial charge on any atom is -0.487 e. The van der Waals surface area contributed by atoms with Crippen LogP contribution in [0.15, 0.2) is 36.4 Å². The number of benzene rings is 1. The molecule has 2 aromatic rings. The van der Waals surface area contributed by atoms with Crippen LogP contribution in [0, 0.1) is 13.8 Å². The Labute approximate surface area is 114 Å². The summed E-state index contributed by atoms with van der Waals surface area (Å²) in [6.45, 7) is 5.36. The molecule has 0 aliphatic rings. The van der Waals surface area contributed by atoms with Gasteiger partial charge in [0.2, 0.25) is 0 Å². The van der Waals surface area contributed by atoms with Gasteiger partial charge in [-0.25, -0.2) is 0 Å². The van der Waals surface area contributed by atoms with Crippen LogP contribution in [0.2, 0.25) is 0 Å². The van der Waals surface area contributed by atoms with Crippen LogP contribution in [-0.4, -0.2) is 12.0 Å². The maximum absolute atomic E-state index is 5.88. The molecule has 0 unspecified atom stereocenters. The van der Waals surface area contributed by atoms with Crippen molar-refractivity contribution in [3.05, 3.63) is 58.9 Å². The smallest absolute Gasteiger partial charge is 0.142 e. The van der Waals surface area contributed by atoms with Gasteiger partial charge in [-0.1, -0.05) is 29.8 Å². The number of hydrogen-bond acceptors (Lipinski definition) is 3. The van der Waals surface area contributed by atoms with Crippen molar-refractivity contribution in [3.8, 4) is 5.75 Å². The van der Waals surface area contributed by atoms with Crippen LogP contribution in [0.1, 0.15) is 22.5 Å². The van der Waals surface area contributed by atoms with Crippen molar-refractivity contribution in [1.82, 2.24) is 10.3 Å². The summed E-state index contributed by atoms with van der Waals surface area (Å²) in [7, 11) is 1.91. The summed E-state index contributed by atoms with van der Waals surface area (Å²) in [5.74, 6) is 0.849. The van der Waals surface area contributed by atoms with E-state index >= 15 is 0 Å². The van der Waals surface area contributed by atoms with Gasteiger partial charge in [-0.3, -0.25) is 4.98 Å². The van der Waals surface area contributed by atoms with Crippen molar-refractivity contribution in [1.29, 1.82) is 0 Å². The molecular weight excluding hydrogens is 236 g/mol. The molecule has 0 aliphatic carbocycles. The molecule has 3 nitrogen and oxygen atoms in total. The second-order valence-electron chi connectivity index (χ2n) is 4.71. The number of hydrogen-bond donors (Lipinski definition) is 1. The summed E-state index contributed by atoms with van der Waals surface area (Å²) in [5, 5.41) is 3.12. The van der Waals surface area contributed by atoms with E-state index in [-0.39, 0.29) is 0 Å². The molecule has 0 spiro atoms. The third kappa shape index (κ3) is 3.80. The predicted octanol–water partition coefficient (Wildman–Crippen LogP) is 3.00. The molecular formula is C16H20N2O. The largest absolute Gasteiger partial charge is 0.487 e. The Morgan fingerprint density at radius 1 is 1.16 bits per heavy atom. The Bertz CT molecular complexity index is 552. The number of aryl methyl sites for hydroxylation is 2. The number of pyridine rings is 1. The van der Waals surface area contributed by atoms with Gasteiger partial charge in [0.1, 0.15) is 12.4 Å². The summed E-state index contributed by atoms with van der Waals surface area (Å²) in [5.41, 5.74) is 4.39. The van der Waals surface area contributed by atoms with Gasteiger partial charge in [0.25, 0.3) is 0 Å². The van der Waals surface area contributed by atoms with Gasteiger partial charge in [-0.05, 0) is 38.6 Å². The number of ether oxygens (including phenoxy) is 1. The highest BCUT2D eigenvalue weighted by atomic mass is 16.5. The highest BCUT2D eigenvalue weighted by Gasteiger charge is 2.05.